The van der Waals surface area contributed by atoms with Crippen molar-refractivity contribution >= 4 is 32.7 Å². The molecule has 0 radical (unpaired) electrons. The van der Waals surface area contributed by atoms with E-state index in [2.05, 4.69) is 4.98 Å². The van der Waals surface area contributed by atoms with Crippen LogP contribution in [-0.4, -0.2) is 30.1 Å². The monoisotopic (exact) mass is 318 g/mol. The number of aromatic nitrogens is 1. The Morgan fingerprint density at radius 2 is 2.27 bits per heavy atom. The summed E-state index contributed by atoms with van der Waals surface area (Å²) < 4.78 is 24.3. The molecule has 5 nitrogen and oxygen atoms in total. The number of fused-ring (bicyclic) bond motifs is 1. The van der Waals surface area contributed by atoms with E-state index in [0.29, 0.717) is 13.1 Å². The third-order valence-corrected chi connectivity index (χ3v) is 4.53. The summed E-state index contributed by atoms with van der Waals surface area (Å²) in [6, 6.07) is 7.75. The van der Waals surface area contributed by atoms with Gasteiger partial charge >= 0.3 is 5.97 Å². The van der Waals surface area contributed by atoms with Crippen molar-refractivity contribution in [2.75, 3.05) is 18.0 Å². The van der Waals surface area contributed by atoms with E-state index in [1.54, 1.807) is 18.2 Å². The summed E-state index contributed by atoms with van der Waals surface area (Å²) in [6.07, 6.45) is 1.26. The molecule has 1 aliphatic rings. The molecular weight excluding hydrogens is 307 g/mol. The quantitative estimate of drug-likeness (QED) is 0.695. The largest absolute Gasteiger partial charge is 0.457 e. The topological polar surface area (TPSA) is 55.6 Å². The van der Waals surface area contributed by atoms with Gasteiger partial charge in [-0.15, -0.1) is 0 Å². The molecule has 112 valence electrons. The van der Waals surface area contributed by atoms with E-state index < -0.39 is 5.97 Å². The summed E-state index contributed by atoms with van der Waals surface area (Å²) >= 11 is 1.43. The minimum atomic E-state index is -0.457. The van der Waals surface area contributed by atoms with E-state index >= 15 is 0 Å². The number of hydrogen-bond donors (Lipinski definition) is 0. The predicted molar refractivity (Wildman–Crippen MR) is 79.7 cm³/mol. The molecule has 0 unspecified atom stereocenters. The minimum absolute atomic E-state index is 0.179. The van der Waals surface area contributed by atoms with E-state index in [-0.39, 0.29) is 17.7 Å². The molecule has 3 heterocycles. The van der Waals surface area contributed by atoms with Gasteiger partial charge in [0.15, 0.2) is 5.13 Å². The summed E-state index contributed by atoms with van der Waals surface area (Å²) in [5, 5.41) is 0.811. The molecule has 0 spiro atoms. The van der Waals surface area contributed by atoms with Gasteiger partial charge in [-0.3, -0.25) is 0 Å². The maximum atomic E-state index is 13.2. The number of anilines is 1. The van der Waals surface area contributed by atoms with Gasteiger partial charge in [0, 0.05) is 0 Å². The lowest BCUT2D eigenvalue weighted by Crippen LogP contribution is -2.53. The van der Waals surface area contributed by atoms with Crippen molar-refractivity contribution in [3.63, 3.8) is 0 Å². The van der Waals surface area contributed by atoms with Gasteiger partial charge in [-0.2, -0.15) is 0 Å². The number of furan rings is 1. The summed E-state index contributed by atoms with van der Waals surface area (Å²) in [4.78, 5) is 18.2. The van der Waals surface area contributed by atoms with Crippen molar-refractivity contribution in [3.05, 3.63) is 48.2 Å². The van der Waals surface area contributed by atoms with E-state index in [1.165, 1.54) is 29.7 Å². The molecule has 0 atom stereocenters. The fourth-order valence-corrected chi connectivity index (χ4v) is 3.30. The fraction of sp³-hybridized carbons (Fsp3) is 0.200. The van der Waals surface area contributed by atoms with E-state index in [9.17, 15) is 9.18 Å². The first-order valence-corrected chi connectivity index (χ1v) is 7.56. The van der Waals surface area contributed by atoms with Crippen LogP contribution in [0, 0.1) is 5.82 Å². The lowest BCUT2D eigenvalue weighted by Gasteiger charge is -2.37. The molecule has 7 heteroatoms. The molecule has 1 fully saturated rings. The smallest absolute Gasteiger partial charge is 0.374 e. The highest BCUT2D eigenvalue weighted by Gasteiger charge is 2.32. The highest BCUT2D eigenvalue weighted by Crippen LogP contribution is 2.32. The van der Waals surface area contributed by atoms with Gasteiger partial charge in [0.25, 0.3) is 0 Å². The number of thiazole rings is 1. The first-order valence-electron chi connectivity index (χ1n) is 6.74. The normalized spacial score (nSPS) is 15.0. The van der Waals surface area contributed by atoms with Crippen LogP contribution in [0.25, 0.3) is 10.2 Å². The van der Waals surface area contributed by atoms with Crippen molar-refractivity contribution in [1.82, 2.24) is 4.98 Å². The van der Waals surface area contributed by atoms with Crippen molar-refractivity contribution < 1.29 is 18.3 Å². The molecule has 22 heavy (non-hydrogen) atoms. The number of rotatable bonds is 3. The predicted octanol–water partition coefficient (Wildman–Crippen LogP) is 3.07. The van der Waals surface area contributed by atoms with Crippen LogP contribution in [0.5, 0.6) is 0 Å². The number of hydrogen-bond acceptors (Lipinski definition) is 6. The molecule has 1 saturated heterocycles. The Morgan fingerprint density at radius 3 is 3.05 bits per heavy atom. The number of ether oxygens (including phenoxy) is 1. The third-order valence-electron chi connectivity index (χ3n) is 3.45. The zero-order valence-electron chi connectivity index (χ0n) is 11.4. The van der Waals surface area contributed by atoms with Crippen LogP contribution in [0.4, 0.5) is 9.52 Å². The van der Waals surface area contributed by atoms with Gasteiger partial charge in [-0.1, -0.05) is 11.3 Å². The third kappa shape index (κ3) is 2.33. The lowest BCUT2D eigenvalue weighted by molar-refractivity contribution is 0.0200. The van der Waals surface area contributed by atoms with Crippen LogP contribution >= 0.6 is 11.3 Å². The Labute approximate surface area is 128 Å². The fourth-order valence-electron chi connectivity index (χ4n) is 2.29. The Bertz CT molecular complexity index is 825. The summed E-state index contributed by atoms with van der Waals surface area (Å²) in [5.74, 6) is -0.522. The Kier molecular flexibility index (Phi) is 3.07. The molecule has 1 aromatic carbocycles. The number of carbonyl (C=O) groups is 1. The van der Waals surface area contributed by atoms with E-state index in [1.807, 2.05) is 4.90 Å². The molecule has 0 saturated carbocycles. The molecule has 0 amide bonds. The molecule has 0 aliphatic carbocycles. The van der Waals surface area contributed by atoms with Crippen LogP contribution in [0.3, 0.4) is 0 Å². The van der Waals surface area contributed by atoms with Crippen molar-refractivity contribution in [1.29, 1.82) is 0 Å². The van der Waals surface area contributed by atoms with Crippen LogP contribution in [0.2, 0.25) is 0 Å². The molecule has 0 N–H and O–H groups in total. The number of halogens is 1. The number of esters is 1. The van der Waals surface area contributed by atoms with Crippen molar-refractivity contribution in [2.45, 2.75) is 6.10 Å². The van der Waals surface area contributed by atoms with Crippen LogP contribution < -0.4 is 4.90 Å². The zero-order valence-corrected chi connectivity index (χ0v) is 12.2. The second-order valence-electron chi connectivity index (χ2n) is 5.02. The molecular formula is C15H11FN2O3S. The van der Waals surface area contributed by atoms with Gasteiger partial charge < -0.3 is 14.1 Å². The van der Waals surface area contributed by atoms with Crippen LogP contribution in [0.1, 0.15) is 10.6 Å². The first-order chi connectivity index (χ1) is 10.7. The van der Waals surface area contributed by atoms with E-state index in [0.717, 1.165) is 15.3 Å². The van der Waals surface area contributed by atoms with Crippen molar-refractivity contribution in [3.8, 4) is 0 Å². The van der Waals surface area contributed by atoms with Crippen LogP contribution in [-0.2, 0) is 4.74 Å². The average Bonchev–Trinajstić information content (AvgIpc) is 3.10. The Morgan fingerprint density at radius 1 is 1.41 bits per heavy atom. The maximum Gasteiger partial charge on any atom is 0.374 e. The van der Waals surface area contributed by atoms with Crippen molar-refractivity contribution in [2.24, 2.45) is 0 Å². The summed E-state index contributed by atoms with van der Waals surface area (Å²) in [7, 11) is 0. The lowest BCUT2D eigenvalue weighted by atomic mass is 10.2. The molecule has 2 aromatic heterocycles. The number of benzene rings is 1. The Balaban J connectivity index is 1.41. The molecule has 3 aromatic rings. The second-order valence-corrected chi connectivity index (χ2v) is 6.03. The van der Waals surface area contributed by atoms with Gasteiger partial charge in [0.2, 0.25) is 5.76 Å². The highest BCUT2D eigenvalue weighted by atomic mass is 32.1. The molecule has 0 bridgehead atoms. The minimum Gasteiger partial charge on any atom is -0.457 e. The molecule has 4 rings (SSSR count). The summed E-state index contributed by atoms with van der Waals surface area (Å²) in [5.41, 5.74) is 0.775. The Hall–Kier alpha value is -2.41. The van der Waals surface area contributed by atoms with Gasteiger partial charge in [0.1, 0.15) is 11.9 Å². The highest BCUT2D eigenvalue weighted by molar-refractivity contribution is 7.22. The summed E-state index contributed by atoms with van der Waals surface area (Å²) in [6.45, 7) is 1.16. The van der Waals surface area contributed by atoms with Gasteiger partial charge in [-0.05, 0) is 30.3 Å². The second kappa shape index (κ2) is 5.10. The van der Waals surface area contributed by atoms with E-state index in [4.69, 9.17) is 9.15 Å². The molecule has 1 aliphatic heterocycles. The number of nitrogens with zero attached hydrogens (tertiary/aromatic N) is 2. The SMILES string of the molecule is O=C(OC1CN(c2nc3ccc(F)cc3s2)C1)c1ccco1. The van der Waals surface area contributed by atoms with Crippen LogP contribution in [0.15, 0.2) is 41.0 Å². The first kappa shape index (κ1) is 13.3. The van der Waals surface area contributed by atoms with Gasteiger partial charge in [-0.25, -0.2) is 14.2 Å². The zero-order chi connectivity index (χ0) is 15.1. The number of carbonyl (C=O) groups excluding carboxylic acids is 1. The standard InChI is InChI=1S/C15H11FN2O3S/c16-9-3-4-11-13(6-9)22-15(17-11)18-7-10(8-18)21-14(19)12-2-1-5-20-12/h1-6,10H,7-8H2. The average molecular weight is 318 g/mol. The maximum absolute atomic E-state index is 13.2. The van der Waals surface area contributed by atoms with Gasteiger partial charge in [0.05, 0.1) is 29.6 Å².